The molecule has 3 aromatic rings. The van der Waals surface area contributed by atoms with Gasteiger partial charge >= 0.3 is 6.09 Å². The normalized spacial score (nSPS) is 15.2. The summed E-state index contributed by atoms with van der Waals surface area (Å²) in [5.74, 6) is -0.364. The summed E-state index contributed by atoms with van der Waals surface area (Å²) < 4.78 is 5.52. The fraction of sp³-hybridized carbons (Fsp3) is 0.375. The van der Waals surface area contributed by atoms with Gasteiger partial charge < -0.3 is 21.1 Å². The van der Waals surface area contributed by atoms with Crippen molar-refractivity contribution in [2.75, 3.05) is 18.8 Å². The second-order valence-corrected chi connectivity index (χ2v) is 10.1. The van der Waals surface area contributed by atoms with Crippen LogP contribution in [-0.4, -0.2) is 40.6 Å². The summed E-state index contributed by atoms with van der Waals surface area (Å²) in [4.78, 5) is 32.0. The number of carbonyl (C=O) groups excluding carboxylic acids is 2. The second kappa shape index (κ2) is 8.43. The average molecular weight is 453 g/mol. The number of anilines is 1. The zero-order valence-corrected chi connectivity index (χ0v) is 19.4. The zero-order valence-electron chi connectivity index (χ0n) is 18.6. The number of hydrogen-bond donors (Lipinski definition) is 2. The van der Waals surface area contributed by atoms with Gasteiger partial charge in [-0.1, -0.05) is 30.3 Å². The summed E-state index contributed by atoms with van der Waals surface area (Å²) in [6, 6.07) is 12.0. The minimum absolute atomic E-state index is 0.180. The molecule has 1 fully saturated rings. The van der Waals surface area contributed by atoms with Crippen molar-refractivity contribution in [2.45, 2.75) is 45.1 Å². The van der Waals surface area contributed by atoms with E-state index in [-0.39, 0.29) is 12.0 Å². The lowest BCUT2D eigenvalue weighted by Crippen LogP contribution is -2.41. The van der Waals surface area contributed by atoms with Gasteiger partial charge in [-0.15, -0.1) is 11.3 Å². The van der Waals surface area contributed by atoms with E-state index in [9.17, 15) is 9.59 Å². The van der Waals surface area contributed by atoms with E-state index in [2.05, 4.69) is 6.07 Å². The molecule has 0 aliphatic carbocycles. The summed E-state index contributed by atoms with van der Waals surface area (Å²) >= 11 is 1.24. The van der Waals surface area contributed by atoms with E-state index >= 15 is 0 Å². The van der Waals surface area contributed by atoms with Crippen LogP contribution in [0.5, 0.6) is 0 Å². The molecule has 1 aliphatic rings. The fourth-order valence-electron chi connectivity index (χ4n) is 4.11. The van der Waals surface area contributed by atoms with E-state index in [0.717, 1.165) is 35.0 Å². The standard InChI is InChI=1S/C24H28N4O3S/c1-24(2,3)31-23(30)28-11-9-14(10-12-28)16-13-17(15-7-5-4-6-8-15)27-22-18(16)19(25)20(32-22)21(26)29/h4-8,13-14H,9-12,25H2,1-3H3,(H2,26,29). The van der Waals surface area contributed by atoms with Crippen LogP contribution < -0.4 is 11.5 Å². The molecular weight excluding hydrogens is 424 g/mol. The molecule has 0 atom stereocenters. The number of amides is 2. The molecule has 2 amide bonds. The van der Waals surface area contributed by atoms with Crippen LogP contribution in [0.25, 0.3) is 21.5 Å². The van der Waals surface area contributed by atoms with E-state index in [1.807, 2.05) is 51.1 Å². The van der Waals surface area contributed by atoms with Crippen molar-refractivity contribution in [3.05, 3.63) is 46.8 Å². The minimum Gasteiger partial charge on any atom is -0.444 e. The van der Waals surface area contributed by atoms with Gasteiger partial charge in [-0.2, -0.15) is 0 Å². The van der Waals surface area contributed by atoms with Crippen molar-refractivity contribution in [3.8, 4) is 11.3 Å². The van der Waals surface area contributed by atoms with Gasteiger partial charge in [0.2, 0.25) is 0 Å². The molecule has 4 rings (SSSR count). The maximum Gasteiger partial charge on any atom is 0.410 e. The number of rotatable bonds is 3. The van der Waals surface area contributed by atoms with E-state index in [1.54, 1.807) is 4.90 Å². The average Bonchev–Trinajstić information content (AvgIpc) is 3.09. The molecule has 1 aliphatic heterocycles. The predicted octanol–water partition coefficient (Wildman–Crippen LogP) is 4.76. The number of nitrogens with zero attached hydrogens (tertiary/aromatic N) is 2. The molecule has 1 saturated heterocycles. The van der Waals surface area contributed by atoms with Crippen LogP contribution in [0.4, 0.5) is 10.5 Å². The number of likely N-dealkylation sites (tertiary alicyclic amines) is 1. The monoisotopic (exact) mass is 452 g/mol. The summed E-state index contributed by atoms with van der Waals surface area (Å²) in [6.07, 6.45) is 1.26. The van der Waals surface area contributed by atoms with Gasteiger partial charge in [-0.3, -0.25) is 4.79 Å². The lowest BCUT2D eigenvalue weighted by atomic mass is 9.87. The first kappa shape index (κ1) is 22.1. The van der Waals surface area contributed by atoms with Gasteiger partial charge in [0.1, 0.15) is 15.3 Å². The first-order valence-corrected chi connectivity index (χ1v) is 11.5. The third kappa shape index (κ3) is 4.41. The van der Waals surface area contributed by atoms with Gasteiger partial charge in [0.15, 0.2) is 0 Å². The highest BCUT2D eigenvalue weighted by Gasteiger charge is 2.30. The summed E-state index contributed by atoms with van der Waals surface area (Å²) in [5, 5.41) is 0.805. The van der Waals surface area contributed by atoms with Crippen LogP contribution in [0.2, 0.25) is 0 Å². The first-order valence-electron chi connectivity index (χ1n) is 10.7. The molecule has 1 aromatic carbocycles. The maximum atomic E-state index is 12.5. The molecule has 0 spiro atoms. The van der Waals surface area contributed by atoms with Crippen LogP contribution in [0.1, 0.15) is 54.8 Å². The molecule has 3 heterocycles. The predicted molar refractivity (Wildman–Crippen MR) is 128 cm³/mol. The van der Waals surface area contributed by atoms with E-state index in [4.69, 9.17) is 21.2 Å². The molecule has 0 saturated carbocycles. The quantitative estimate of drug-likeness (QED) is 0.595. The third-order valence-electron chi connectivity index (χ3n) is 5.61. The van der Waals surface area contributed by atoms with Crippen molar-refractivity contribution in [3.63, 3.8) is 0 Å². The van der Waals surface area contributed by atoms with Gasteiger partial charge in [-0.25, -0.2) is 9.78 Å². The van der Waals surface area contributed by atoms with Crippen LogP contribution >= 0.6 is 11.3 Å². The van der Waals surface area contributed by atoms with Gasteiger partial charge in [0.25, 0.3) is 5.91 Å². The Hall–Kier alpha value is -3.13. The first-order chi connectivity index (χ1) is 15.1. The lowest BCUT2D eigenvalue weighted by molar-refractivity contribution is 0.0205. The molecule has 32 heavy (non-hydrogen) atoms. The Bertz CT molecular complexity index is 1160. The van der Waals surface area contributed by atoms with Gasteiger partial charge in [-0.05, 0) is 51.2 Å². The third-order valence-corrected chi connectivity index (χ3v) is 6.72. The number of thiophene rings is 1. The molecule has 0 radical (unpaired) electrons. The van der Waals surface area contributed by atoms with Gasteiger partial charge in [0, 0.05) is 24.0 Å². The zero-order chi connectivity index (χ0) is 23.0. The van der Waals surface area contributed by atoms with Gasteiger partial charge in [0.05, 0.1) is 11.4 Å². The second-order valence-electron chi connectivity index (χ2n) is 9.09. The Morgan fingerprint density at radius 2 is 1.81 bits per heavy atom. The summed E-state index contributed by atoms with van der Waals surface area (Å²) in [7, 11) is 0. The number of primary amides is 1. The Morgan fingerprint density at radius 1 is 1.16 bits per heavy atom. The Balaban J connectivity index is 1.70. The smallest absolute Gasteiger partial charge is 0.410 e. The van der Waals surface area contributed by atoms with Crippen LogP contribution in [0.15, 0.2) is 36.4 Å². The Morgan fingerprint density at radius 3 is 2.41 bits per heavy atom. The number of piperidine rings is 1. The summed E-state index contributed by atoms with van der Waals surface area (Å²) in [5.41, 5.74) is 14.7. The number of nitrogen functional groups attached to an aromatic ring is 1. The van der Waals surface area contributed by atoms with Crippen molar-refractivity contribution in [1.29, 1.82) is 0 Å². The number of aromatic nitrogens is 1. The van der Waals surface area contributed by atoms with Crippen molar-refractivity contribution in [1.82, 2.24) is 9.88 Å². The lowest BCUT2D eigenvalue weighted by Gasteiger charge is -2.34. The SMILES string of the molecule is CC(C)(C)OC(=O)N1CCC(c2cc(-c3ccccc3)nc3sc(C(N)=O)c(N)c23)CC1. The molecule has 168 valence electrons. The molecular formula is C24H28N4O3S. The highest BCUT2D eigenvalue weighted by Crippen LogP contribution is 2.42. The van der Waals surface area contributed by atoms with E-state index < -0.39 is 11.5 Å². The number of hydrogen-bond acceptors (Lipinski definition) is 6. The number of benzene rings is 1. The maximum absolute atomic E-state index is 12.5. The van der Waals surface area contributed by atoms with Crippen molar-refractivity contribution in [2.24, 2.45) is 5.73 Å². The molecule has 0 bridgehead atoms. The molecule has 7 nitrogen and oxygen atoms in total. The Kier molecular flexibility index (Phi) is 5.81. The van der Waals surface area contributed by atoms with Crippen LogP contribution in [0, 0.1) is 0 Å². The highest BCUT2D eigenvalue weighted by molar-refractivity contribution is 7.21. The number of fused-ring (bicyclic) bond motifs is 1. The molecule has 4 N–H and O–H groups in total. The van der Waals surface area contributed by atoms with E-state index in [0.29, 0.717) is 28.5 Å². The van der Waals surface area contributed by atoms with Crippen LogP contribution in [-0.2, 0) is 4.74 Å². The largest absolute Gasteiger partial charge is 0.444 e. The topological polar surface area (TPSA) is 112 Å². The summed E-state index contributed by atoms with van der Waals surface area (Å²) in [6.45, 7) is 6.79. The van der Waals surface area contributed by atoms with E-state index in [1.165, 1.54) is 11.3 Å². The molecule has 0 unspecified atom stereocenters. The number of nitrogens with two attached hydrogens (primary N) is 2. The minimum atomic E-state index is -0.544. The molecule has 2 aromatic heterocycles. The van der Waals surface area contributed by atoms with Crippen molar-refractivity contribution < 1.29 is 14.3 Å². The van der Waals surface area contributed by atoms with Crippen molar-refractivity contribution >= 4 is 39.2 Å². The highest BCUT2D eigenvalue weighted by atomic mass is 32.1. The number of pyridine rings is 1. The number of ether oxygens (including phenoxy) is 1. The van der Waals surface area contributed by atoms with Crippen LogP contribution in [0.3, 0.4) is 0 Å². The number of carbonyl (C=O) groups is 2. The molecule has 8 heteroatoms. The fourth-order valence-corrected chi connectivity index (χ4v) is 5.09. The Labute approximate surface area is 191 Å².